The quantitative estimate of drug-likeness (QED) is 0.572. The normalized spacial score (nSPS) is 27.3. The molecule has 1 atom stereocenters. The number of carbonyl (C=O) groups excluding carboxylic acids is 1. The maximum Gasteiger partial charge on any atom is 0.202 e. The first kappa shape index (κ1) is 7.54. The van der Waals surface area contributed by atoms with E-state index in [1.807, 2.05) is 0 Å². The Labute approximate surface area is 61.2 Å². The zero-order valence-corrected chi connectivity index (χ0v) is 6.26. The van der Waals surface area contributed by atoms with Crippen LogP contribution in [-0.2, 0) is 4.79 Å². The molecule has 0 spiro atoms. The number of carbonyl (C=O) groups is 1. The Morgan fingerprint density at radius 2 is 2.40 bits per heavy atom. The third-order valence-corrected chi connectivity index (χ3v) is 1.82. The van der Waals surface area contributed by atoms with E-state index in [1.165, 1.54) is 0 Å². The number of amides is 1. The van der Waals surface area contributed by atoms with E-state index in [9.17, 15) is 4.79 Å². The van der Waals surface area contributed by atoms with Crippen molar-refractivity contribution >= 4 is 5.91 Å². The second-order valence-corrected chi connectivity index (χ2v) is 2.56. The third kappa shape index (κ3) is 1.70. The summed E-state index contributed by atoms with van der Waals surface area (Å²) in [5.74, 6) is 0.0972. The number of likely N-dealkylation sites (N-methyl/N-ethyl adjacent to an activating group) is 1. The molecule has 0 unspecified atom stereocenters. The minimum Gasteiger partial charge on any atom is -0.654 e. The van der Waals surface area contributed by atoms with Crippen molar-refractivity contribution in [1.29, 1.82) is 0 Å². The summed E-state index contributed by atoms with van der Waals surface area (Å²) in [6, 6.07) is -0.0810. The lowest BCUT2D eigenvalue weighted by atomic mass is 10.1. The average molecular weight is 141 g/mol. The van der Waals surface area contributed by atoms with Crippen LogP contribution in [0, 0.1) is 0 Å². The van der Waals surface area contributed by atoms with Crippen LogP contribution in [0.3, 0.4) is 0 Å². The summed E-state index contributed by atoms with van der Waals surface area (Å²) >= 11 is 0. The van der Waals surface area contributed by atoms with Gasteiger partial charge in [0.15, 0.2) is 0 Å². The molecular formula is C7H13N2O-. The van der Waals surface area contributed by atoms with E-state index in [4.69, 9.17) is 0 Å². The highest BCUT2D eigenvalue weighted by atomic mass is 16.2. The molecule has 0 aromatic heterocycles. The summed E-state index contributed by atoms with van der Waals surface area (Å²) < 4.78 is 0. The average Bonchev–Trinajstić information content (AvgIpc) is 2.13. The highest BCUT2D eigenvalue weighted by Crippen LogP contribution is 2.10. The zero-order chi connectivity index (χ0) is 7.40. The van der Waals surface area contributed by atoms with Gasteiger partial charge in [-0.2, -0.15) is 7.05 Å². The molecule has 3 heteroatoms. The molecule has 1 heterocycles. The van der Waals surface area contributed by atoms with Crippen LogP contribution in [0.1, 0.15) is 19.3 Å². The molecule has 1 N–H and O–H groups in total. The smallest absolute Gasteiger partial charge is 0.202 e. The fourth-order valence-corrected chi connectivity index (χ4v) is 1.17. The van der Waals surface area contributed by atoms with Gasteiger partial charge in [0.05, 0.1) is 0 Å². The maximum absolute atomic E-state index is 11.0. The fourth-order valence-electron chi connectivity index (χ4n) is 1.17. The second-order valence-electron chi connectivity index (χ2n) is 2.56. The van der Waals surface area contributed by atoms with Crippen LogP contribution in [-0.4, -0.2) is 25.5 Å². The van der Waals surface area contributed by atoms with Crippen molar-refractivity contribution in [2.24, 2.45) is 0 Å². The molecule has 1 aliphatic rings. The minimum absolute atomic E-state index is 0.0810. The lowest BCUT2D eigenvalue weighted by Gasteiger charge is -2.23. The SMILES string of the molecule is C[N-][C@H]1CCCCNC1=O. The molecule has 10 heavy (non-hydrogen) atoms. The van der Waals surface area contributed by atoms with Crippen molar-refractivity contribution in [2.75, 3.05) is 13.6 Å². The van der Waals surface area contributed by atoms with Crippen LogP contribution in [0.4, 0.5) is 0 Å². The van der Waals surface area contributed by atoms with Crippen LogP contribution in [0.2, 0.25) is 0 Å². The Morgan fingerprint density at radius 1 is 1.60 bits per heavy atom. The van der Waals surface area contributed by atoms with Gasteiger partial charge in [0.2, 0.25) is 5.91 Å². The Hall–Kier alpha value is -0.570. The Morgan fingerprint density at radius 3 is 3.10 bits per heavy atom. The number of rotatable bonds is 1. The number of hydrogen-bond acceptors (Lipinski definition) is 1. The summed E-state index contributed by atoms with van der Waals surface area (Å²) in [6.45, 7) is 0.824. The molecule has 1 fully saturated rings. The van der Waals surface area contributed by atoms with Gasteiger partial charge in [-0.25, -0.2) is 0 Å². The van der Waals surface area contributed by atoms with E-state index in [1.54, 1.807) is 7.05 Å². The van der Waals surface area contributed by atoms with Crippen molar-refractivity contribution in [3.63, 3.8) is 0 Å². The number of hydrogen-bond donors (Lipinski definition) is 1. The van der Waals surface area contributed by atoms with E-state index in [2.05, 4.69) is 10.6 Å². The van der Waals surface area contributed by atoms with E-state index < -0.39 is 0 Å². The molecule has 1 rings (SSSR count). The zero-order valence-electron chi connectivity index (χ0n) is 6.26. The monoisotopic (exact) mass is 141 g/mol. The molecule has 0 bridgehead atoms. The van der Waals surface area contributed by atoms with Crippen LogP contribution in [0.15, 0.2) is 0 Å². The van der Waals surface area contributed by atoms with Gasteiger partial charge in [-0.05, 0) is 6.42 Å². The first-order valence-electron chi connectivity index (χ1n) is 3.71. The predicted octanol–water partition coefficient (Wildman–Crippen LogP) is 0.659. The Bertz CT molecular complexity index is 125. The van der Waals surface area contributed by atoms with Gasteiger partial charge in [0.1, 0.15) is 0 Å². The third-order valence-electron chi connectivity index (χ3n) is 1.82. The molecule has 0 aliphatic carbocycles. The predicted molar refractivity (Wildman–Crippen MR) is 39.9 cm³/mol. The lowest BCUT2D eigenvalue weighted by molar-refractivity contribution is -0.121. The topological polar surface area (TPSA) is 43.2 Å². The fraction of sp³-hybridized carbons (Fsp3) is 0.857. The van der Waals surface area contributed by atoms with Gasteiger partial charge in [0.25, 0.3) is 0 Å². The van der Waals surface area contributed by atoms with Crippen molar-refractivity contribution in [1.82, 2.24) is 5.32 Å². The molecule has 0 aromatic carbocycles. The van der Waals surface area contributed by atoms with Crippen LogP contribution in [0.5, 0.6) is 0 Å². The van der Waals surface area contributed by atoms with Crippen LogP contribution in [0.25, 0.3) is 5.32 Å². The highest BCUT2D eigenvalue weighted by Gasteiger charge is 2.10. The first-order chi connectivity index (χ1) is 4.84. The summed E-state index contributed by atoms with van der Waals surface area (Å²) in [4.78, 5) is 11.0. The lowest BCUT2D eigenvalue weighted by Crippen LogP contribution is -2.31. The Kier molecular flexibility index (Phi) is 2.68. The molecule has 0 saturated carbocycles. The van der Waals surface area contributed by atoms with Gasteiger partial charge in [-0.15, -0.1) is 0 Å². The number of nitrogens with zero attached hydrogens (tertiary/aromatic N) is 1. The van der Waals surface area contributed by atoms with Crippen LogP contribution < -0.4 is 5.32 Å². The summed E-state index contributed by atoms with van der Waals surface area (Å²) in [7, 11) is 1.70. The van der Waals surface area contributed by atoms with E-state index in [-0.39, 0.29) is 11.9 Å². The standard InChI is InChI=1S/C7H13N2O/c1-8-6-4-2-3-5-9-7(6)10/h6H,2-5H2,1H3,(H,9,10)/q-1/t6-/m0/s1. The molecule has 0 aromatic rings. The van der Waals surface area contributed by atoms with Crippen molar-refractivity contribution in [3.8, 4) is 0 Å². The van der Waals surface area contributed by atoms with Gasteiger partial charge in [0, 0.05) is 6.54 Å². The van der Waals surface area contributed by atoms with Gasteiger partial charge >= 0.3 is 0 Å². The molecule has 1 amide bonds. The Balaban J connectivity index is 2.43. The van der Waals surface area contributed by atoms with E-state index in [0.29, 0.717) is 0 Å². The van der Waals surface area contributed by atoms with E-state index >= 15 is 0 Å². The molecule has 58 valence electrons. The van der Waals surface area contributed by atoms with Crippen molar-refractivity contribution in [3.05, 3.63) is 5.32 Å². The van der Waals surface area contributed by atoms with Crippen molar-refractivity contribution < 1.29 is 4.79 Å². The summed E-state index contributed by atoms with van der Waals surface area (Å²) in [5, 5.41) is 6.79. The molecule has 0 radical (unpaired) electrons. The summed E-state index contributed by atoms with van der Waals surface area (Å²) in [5.41, 5.74) is 0. The van der Waals surface area contributed by atoms with Gasteiger partial charge in [-0.1, -0.05) is 18.9 Å². The molecular weight excluding hydrogens is 128 g/mol. The number of nitrogens with one attached hydrogen (secondary N) is 1. The van der Waals surface area contributed by atoms with Crippen molar-refractivity contribution in [2.45, 2.75) is 25.3 Å². The van der Waals surface area contributed by atoms with Gasteiger partial charge < -0.3 is 10.6 Å². The van der Waals surface area contributed by atoms with Gasteiger partial charge in [-0.3, -0.25) is 4.79 Å². The maximum atomic E-state index is 11.0. The molecule has 1 saturated heterocycles. The van der Waals surface area contributed by atoms with E-state index in [0.717, 1.165) is 25.8 Å². The molecule has 3 nitrogen and oxygen atoms in total. The largest absolute Gasteiger partial charge is 0.654 e. The second kappa shape index (κ2) is 3.56. The van der Waals surface area contributed by atoms with Crippen LogP contribution >= 0.6 is 0 Å². The minimum atomic E-state index is -0.0810. The first-order valence-corrected chi connectivity index (χ1v) is 3.71. The molecule has 1 aliphatic heterocycles. The summed E-state index contributed by atoms with van der Waals surface area (Å²) in [6.07, 6.45) is 3.13. The highest BCUT2D eigenvalue weighted by molar-refractivity contribution is 5.84.